The number of ether oxygens (including phenoxy) is 1. The molecule has 2 saturated heterocycles. The number of nitrogens with one attached hydrogen (secondary N) is 1. The Morgan fingerprint density at radius 2 is 1.77 bits per heavy atom. The maximum absolute atomic E-state index is 16.6. The number of halogens is 1. The van der Waals surface area contributed by atoms with Crippen LogP contribution < -0.4 is 4.74 Å². The summed E-state index contributed by atoms with van der Waals surface area (Å²) in [5, 5.41) is 8.37. The number of hydrogen-bond donors (Lipinski definition) is 1. The topological polar surface area (TPSA) is 103 Å². The lowest BCUT2D eigenvalue weighted by Crippen LogP contribution is -2.54. The van der Waals surface area contributed by atoms with Crippen molar-refractivity contribution in [2.45, 2.75) is 38.3 Å². The van der Waals surface area contributed by atoms with Crippen LogP contribution in [0, 0.1) is 5.82 Å². The lowest BCUT2D eigenvalue weighted by atomic mass is 9.93. The van der Waals surface area contributed by atoms with Gasteiger partial charge in [-0.1, -0.05) is 29.5 Å². The van der Waals surface area contributed by atoms with Gasteiger partial charge in [-0.05, 0) is 68.7 Å². The van der Waals surface area contributed by atoms with Gasteiger partial charge >= 0.3 is 0 Å². The zero-order valence-corrected chi connectivity index (χ0v) is 27.7. The molecule has 7 rings (SSSR count). The van der Waals surface area contributed by atoms with Crippen molar-refractivity contribution in [2.24, 2.45) is 0 Å². The fourth-order valence-electron chi connectivity index (χ4n) is 7.39. The van der Waals surface area contributed by atoms with Crippen molar-refractivity contribution >= 4 is 28.3 Å². The molecule has 12 heteroatoms. The Balaban J connectivity index is 1.17. The molecule has 3 aliphatic rings. The Kier molecular flexibility index (Phi) is 9.27. The number of carbonyl (C=O) groups excluding carboxylic acids is 2. The van der Waals surface area contributed by atoms with Gasteiger partial charge < -0.3 is 24.4 Å². The summed E-state index contributed by atoms with van der Waals surface area (Å²) in [5.74, 6) is 0.0735. The molecular formula is C36H43FN8O3. The summed E-state index contributed by atoms with van der Waals surface area (Å²) < 4.78 is 24.0. The summed E-state index contributed by atoms with van der Waals surface area (Å²) >= 11 is 0. The van der Waals surface area contributed by atoms with Crippen LogP contribution in [0.1, 0.15) is 41.7 Å². The number of benzene rings is 2. The van der Waals surface area contributed by atoms with Crippen LogP contribution in [-0.4, -0.2) is 124 Å². The molecule has 48 heavy (non-hydrogen) atoms. The lowest BCUT2D eigenvalue weighted by molar-refractivity contribution is -0.131. The minimum absolute atomic E-state index is 0.0220. The maximum Gasteiger partial charge on any atom is 0.270 e. The average Bonchev–Trinajstić information content (AvgIpc) is 3.82. The summed E-state index contributed by atoms with van der Waals surface area (Å²) in [7, 11) is 3.79. The molecule has 0 atom stereocenters. The normalized spacial score (nSPS) is 18.4. The first-order valence-corrected chi connectivity index (χ1v) is 16.9. The number of nitrogens with zero attached hydrogens (tertiary/aromatic N) is 7. The van der Waals surface area contributed by atoms with Gasteiger partial charge in [-0.15, -0.1) is 5.10 Å². The van der Waals surface area contributed by atoms with Gasteiger partial charge in [-0.3, -0.25) is 19.2 Å². The van der Waals surface area contributed by atoms with Crippen LogP contribution in [0.2, 0.25) is 0 Å². The number of rotatable bonds is 8. The largest absolute Gasteiger partial charge is 0.496 e. The predicted octanol–water partition coefficient (Wildman–Crippen LogP) is 4.13. The van der Waals surface area contributed by atoms with Crippen LogP contribution in [0.5, 0.6) is 5.75 Å². The van der Waals surface area contributed by atoms with E-state index in [1.54, 1.807) is 35.2 Å². The molecule has 0 aliphatic carbocycles. The number of piperazine rings is 1. The van der Waals surface area contributed by atoms with Gasteiger partial charge in [0.05, 0.1) is 25.4 Å². The zero-order chi connectivity index (χ0) is 33.2. The van der Waals surface area contributed by atoms with E-state index < -0.39 is 5.82 Å². The molecule has 4 aromatic rings. The van der Waals surface area contributed by atoms with Crippen molar-refractivity contribution < 1.29 is 18.7 Å². The van der Waals surface area contributed by atoms with Gasteiger partial charge in [0.15, 0.2) is 5.82 Å². The van der Waals surface area contributed by atoms with Crippen molar-refractivity contribution in [3.8, 4) is 16.9 Å². The van der Waals surface area contributed by atoms with E-state index in [0.29, 0.717) is 61.0 Å². The second-order valence-corrected chi connectivity index (χ2v) is 13.1. The highest BCUT2D eigenvalue weighted by Gasteiger charge is 2.30. The van der Waals surface area contributed by atoms with E-state index in [2.05, 4.69) is 32.1 Å². The highest BCUT2D eigenvalue weighted by Crippen LogP contribution is 2.40. The number of aryl methyl sites for hydroxylation is 1. The highest BCUT2D eigenvalue weighted by atomic mass is 19.1. The molecule has 0 bridgehead atoms. The molecular weight excluding hydrogens is 611 g/mol. The SMILES string of the molecule is COc1ccccc1-c1cc(C2=CCCN(C(=O)CCn3ccnn3)C2)c(F)c2[nH]c(C(=O)N3CCN(C4CCN(C)CC4)CC3)cc12. The molecule has 3 aliphatic heterocycles. The Morgan fingerprint density at radius 1 is 0.979 bits per heavy atom. The predicted molar refractivity (Wildman–Crippen MR) is 182 cm³/mol. The molecule has 0 saturated carbocycles. The van der Waals surface area contributed by atoms with E-state index in [9.17, 15) is 9.59 Å². The number of hydrogen-bond acceptors (Lipinski definition) is 7. The third-order valence-corrected chi connectivity index (χ3v) is 10.2. The van der Waals surface area contributed by atoms with E-state index in [1.165, 1.54) is 0 Å². The number of methoxy groups -OCH3 is 1. The quantitative estimate of drug-likeness (QED) is 0.305. The highest BCUT2D eigenvalue weighted by molar-refractivity contribution is 6.05. The Labute approximate surface area is 279 Å². The van der Waals surface area contributed by atoms with Crippen LogP contribution in [0.25, 0.3) is 27.6 Å². The van der Waals surface area contributed by atoms with Crippen LogP contribution >= 0.6 is 0 Å². The van der Waals surface area contributed by atoms with Crippen molar-refractivity contribution in [3.63, 3.8) is 0 Å². The van der Waals surface area contributed by atoms with Crippen LogP contribution in [0.15, 0.2) is 54.9 Å². The lowest BCUT2D eigenvalue weighted by Gasteiger charge is -2.42. The summed E-state index contributed by atoms with van der Waals surface area (Å²) in [6.45, 7) is 6.46. The molecule has 2 aromatic carbocycles. The number of aromatic amines is 1. The van der Waals surface area contributed by atoms with Crippen LogP contribution in [0.4, 0.5) is 4.39 Å². The smallest absolute Gasteiger partial charge is 0.270 e. The second-order valence-electron chi connectivity index (χ2n) is 13.1. The fourth-order valence-corrected chi connectivity index (χ4v) is 7.39. The summed E-state index contributed by atoms with van der Waals surface area (Å²) in [6.07, 6.45) is 8.53. The molecule has 5 heterocycles. The van der Waals surface area contributed by atoms with E-state index in [4.69, 9.17) is 4.74 Å². The monoisotopic (exact) mass is 654 g/mol. The van der Waals surface area contributed by atoms with E-state index in [1.807, 2.05) is 41.3 Å². The second kappa shape index (κ2) is 13.9. The fraction of sp³-hybridized carbons (Fsp3) is 0.444. The van der Waals surface area contributed by atoms with Crippen LogP contribution in [-0.2, 0) is 11.3 Å². The molecule has 0 unspecified atom stereocenters. The minimum atomic E-state index is -0.432. The molecule has 0 spiro atoms. The van der Waals surface area contributed by atoms with E-state index in [0.717, 1.165) is 55.7 Å². The molecule has 252 valence electrons. The maximum atomic E-state index is 16.6. The first-order chi connectivity index (χ1) is 23.4. The number of H-pyrrole nitrogens is 1. The number of piperidine rings is 1. The third-order valence-electron chi connectivity index (χ3n) is 10.2. The number of aromatic nitrogens is 4. The first kappa shape index (κ1) is 32.0. The number of fused-ring (bicyclic) bond motifs is 1. The molecule has 2 aromatic heterocycles. The molecule has 1 N–H and O–H groups in total. The van der Waals surface area contributed by atoms with Gasteiger partial charge in [-0.25, -0.2) is 4.39 Å². The van der Waals surface area contributed by atoms with Crippen molar-refractivity contribution in [1.29, 1.82) is 0 Å². The summed E-state index contributed by atoms with van der Waals surface area (Å²) in [4.78, 5) is 38.8. The minimum Gasteiger partial charge on any atom is -0.496 e. The molecule has 2 amide bonds. The molecule has 11 nitrogen and oxygen atoms in total. The molecule has 2 fully saturated rings. The van der Waals surface area contributed by atoms with Gasteiger partial charge in [0.1, 0.15) is 11.4 Å². The first-order valence-electron chi connectivity index (χ1n) is 16.9. The Hall–Kier alpha value is -4.55. The van der Waals surface area contributed by atoms with Crippen molar-refractivity contribution in [3.05, 3.63) is 71.9 Å². The third kappa shape index (κ3) is 6.46. The average molecular weight is 655 g/mol. The number of likely N-dealkylation sites (tertiary alicyclic amines) is 1. The number of para-hydroxylation sites is 1. The van der Waals surface area contributed by atoms with Gasteiger partial charge in [0, 0.05) is 74.4 Å². The number of amides is 2. The summed E-state index contributed by atoms with van der Waals surface area (Å²) in [6, 6.07) is 11.8. The van der Waals surface area contributed by atoms with Crippen molar-refractivity contribution in [1.82, 2.24) is 39.6 Å². The molecule has 0 radical (unpaired) electrons. The van der Waals surface area contributed by atoms with Crippen LogP contribution in [0.3, 0.4) is 0 Å². The Bertz CT molecular complexity index is 1800. The van der Waals surface area contributed by atoms with Gasteiger partial charge in [0.25, 0.3) is 5.91 Å². The van der Waals surface area contributed by atoms with Crippen molar-refractivity contribution in [2.75, 3.05) is 66.5 Å². The van der Waals surface area contributed by atoms with Gasteiger partial charge in [0.2, 0.25) is 5.91 Å². The van der Waals surface area contributed by atoms with Gasteiger partial charge in [-0.2, -0.15) is 0 Å². The summed E-state index contributed by atoms with van der Waals surface area (Å²) in [5.41, 5.74) is 3.35. The zero-order valence-electron chi connectivity index (χ0n) is 27.7. The number of carbonyl (C=O) groups is 2. The standard InChI is InChI=1S/C36H43FN8O3/c1-41-14-9-26(10-15-41)42-18-20-43(21-19-42)36(47)31-23-30-29(27-7-3-4-8-32(27)48-2)22-28(34(37)35(30)39-31)25-6-5-13-44(24-25)33(46)11-16-45-17-12-38-40-45/h3-4,6-8,12,17,22-23,26,39H,5,9-11,13-16,18-21,24H2,1-2H3. The Morgan fingerprint density at radius 3 is 2.52 bits per heavy atom. The van der Waals surface area contributed by atoms with E-state index >= 15 is 4.39 Å². The van der Waals surface area contributed by atoms with E-state index in [-0.39, 0.29) is 30.3 Å².